The van der Waals surface area contributed by atoms with Crippen molar-refractivity contribution in [2.75, 3.05) is 4.90 Å². The van der Waals surface area contributed by atoms with Crippen molar-refractivity contribution in [3.8, 4) is 0 Å². The molecule has 0 saturated carbocycles. The minimum absolute atomic E-state index is 0.0499. The molecule has 0 aliphatic carbocycles. The van der Waals surface area contributed by atoms with Crippen LogP contribution in [-0.4, -0.2) is 23.0 Å². The molecule has 1 aromatic carbocycles. The highest BCUT2D eigenvalue weighted by Crippen LogP contribution is 2.39. The lowest BCUT2D eigenvalue weighted by molar-refractivity contribution is -0.140. The van der Waals surface area contributed by atoms with E-state index in [9.17, 15) is 14.7 Å². The van der Waals surface area contributed by atoms with Gasteiger partial charge in [0, 0.05) is 12.3 Å². The molecule has 0 spiro atoms. The third-order valence-electron chi connectivity index (χ3n) is 3.96. The molecule has 4 nitrogen and oxygen atoms in total. The number of carboxylic acids is 1. The molecule has 2 heterocycles. The summed E-state index contributed by atoms with van der Waals surface area (Å²) < 4.78 is 0. The van der Waals surface area contributed by atoms with E-state index >= 15 is 0 Å². The van der Waals surface area contributed by atoms with Gasteiger partial charge in [-0.15, -0.1) is 0 Å². The molecule has 1 aromatic rings. The Morgan fingerprint density at radius 3 is 2.83 bits per heavy atom. The topological polar surface area (TPSA) is 57.6 Å². The first-order valence-electron chi connectivity index (χ1n) is 6.26. The zero-order chi connectivity index (χ0) is 12.9. The second kappa shape index (κ2) is 3.83. The lowest BCUT2D eigenvalue weighted by atomic mass is 9.99. The fourth-order valence-electron chi connectivity index (χ4n) is 2.97. The number of para-hydroxylation sites is 1. The molecule has 2 aliphatic heterocycles. The molecule has 0 fully saturated rings. The van der Waals surface area contributed by atoms with Gasteiger partial charge in [0.2, 0.25) is 5.91 Å². The highest BCUT2D eigenvalue weighted by atomic mass is 16.4. The molecule has 1 amide bonds. The van der Waals surface area contributed by atoms with E-state index in [2.05, 4.69) is 0 Å². The summed E-state index contributed by atoms with van der Waals surface area (Å²) in [7, 11) is 0. The van der Waals surface area contributed by atoms with Crippen LogP contribution in [0.2, 0.25) is 0 Å². The predicted octanol–water partition coefficient (Wildman–Crippen LogP) is 1.61. The lowest BCUT2D eigenvalue weighted by Crippen LogP contribution is -2.44. The second-order valence-electron chi connectivity index (χ2n) is 5.13. The van der Waals surface area contributed by atoms with Crippen LogP contribution in [0.15, 0.2) is 18.2 Å². The Morgan fingerprint density at radius 1 is 1.39 bits per heavy atom. The Hall–Kier alpha value is -1.84. The van der Waals surface area contributed by atoms with Crippen molar-refractivity contribution in [3.05, 3.63) is 29.3 Å². The van der Waals surface area contributed by atoms with E-state index in [1.807, 2.05) is 25.1 Å². The SMILES string of the molecule is C[C@H]1CCc2cccc3c2N(C1=O)[C@H](C(=O)O)C3. The number of benzene rings is 1. The van der Waals surface area contributed by atoms with Crippen LogP contribution in [-0.2, 0) is 22.4 Å². The Bertz CT molecular complexity index is 538. The number of nitrogens with zero attached hydrogens (tertiary/aromatic N) is 1. The van der Waals surface area contributed by atoms with Crippen molar-refractivity contribution < 1.29 is 14.7 Å². The Balaban J connectivity index is 2.18. The number of carboxylic acid groups (broad SMARTS) is 1. The third-order valence-corrected chi connectivity index (χ3v) is 3.96. The summed E-state index contributed by atoms with van der Waals surface area (Å²) in [6.07, 6.45) is 2.06. The quantitative estimate of drug-likeness (QED) is 0.817. The second-order valence-corrected chi connectivity index (χ2v) is 5.13. The normalized spacial score (nSPS) is 25.8. The van der Waals surface area contributed by atoms with Crippen LogP contribution in [0.5, 0.6) is 0 Å². The van der Waals surface area contributed by atoms with Crippen LogP contribution in [0.3, 0.4) is 0 Å². The van der Waals surface area contributed by atoms with Crippen LogP contribution >= 0.6 is 0 Å². The number of amides is 1. The Morgan fingerprint density at radius 2 is 2.11 bits per heavy atom. The fraction of sp³-hybridized carbons (Fsp3) is 0.429. The zero-order valence-electron chi connectivity index (χ0n) is 10.2. The number of aliphatic carboxylic acids is 1. The smallest absolute Gasteiger partial charge is 0.327 e. The third kappa shape index (κ3) is 1.45. The van der Waals surface area contributed by atoms with Gasteiger partial charge in [-0.25, -0.2) is 4.79 Å². The first kappa shape index (κ1) is 11.3. The predicted molar refractivity (Wildman–Crippen MR) is 66.5 cm³/mol. The maximum absolute atomic E-state index is 12.3. The Labute approximate surface area is 105 Å². The fourth-order valence-corrected chi connectivity index (χ4v) is 2.97. The number of hydrogen-bond donors (Lipinski definition) is 1. The molecule has 2 aliphatic rings. The van der Waals surface area contributed by atoms with E-state index in [4.69, 9.17) is 0 Å². The van der Waals surface area contributed by atoms with Gasteiger partial charge in [-0.2, -0.15) is 0 Å². The maximum Gasteiger partial charge on any atom is 0.327 e. The minimum atomic E-state index is -0.917. The van der Waals surface area contributed by atoms with Gasteiger partial charge in [-0.05, 0) is 24.0 Å². The highest BCUT2D eigenvalue weighted by molar-refractivity contribution is 6.04. The molecule has 1 N–H and O–H groups in total. The molecule has 2 atom stereocenters. The van der Waals surface area contributed by atoms with Gasteiger partial charge in [-0.1, -0.05) is 25.1 Å². The van der Waals surface area contributed by atoms with Crippen molar-refractivity contribution in [1.29, 1.82) is 0 Å². The first-order valence-corrected chi connectivity index (χ1v) is 6.26. The van der Waals surface area contributed by atoms with Gasteiger partial charge in [0.15, 0.2) is 0 Å². The highest BCUT2D eigenvalue weighted by Gasteiger charge is 2.42. The molecule has 0 unspecified atom stereocenters. The van der Waals surface area contributed by atoms with Gasteiger partial charge in [0.05, 0.1) is 5.69 Å². The zero-order valence-corrected chi connectivity index (χ0v) is 10.2. The molecule has 0 saturated heterocycles. The van der Waals surface area contributed by atoms with Gasteiger partial charge in [0.1, 0.15) is 6.04 Å². The molecular weight excluding hydrogens is 230 g/mol. The number of anilines is 1. The maximum atomic E-state index is 12.3. The summed E-state index contributed by atoms with van der Waals surface area (Å²) in [6.45, 7) is 1.88. The summed E-state index contributed by atoms with van der Waals surface area (Å²) in [4.78, 5) is 25.2. The van der Waals surface area contributed by atoms with E-state index in [-0.39, 0.29) is 11.8 Å². The first-order chi connectivity index (χ1) is 8.59. The van der Waals surface area contributed by atoms with Crippen LogP contribution in [0.1, 0.15) is 24.5 Å². The number of hydrogen-bond acceptors (Lipinski definition) is 2. The average molecular weight is 245 g/mol. The molecule has 94 valence electrons. The van der Waals surface area contributed by atoms with Crippen molar-refractivity contribution >= 4 is 17.6 Å². The van der Waals surface area contributed by atoms with Crippen LogP contribution in [0.4, 0.5) is 5.69 Å². The molecule has 0 aromatic heterocycles. The number of rotatable bonds is 1. The summed E-state index contributed by atoms with van der Waals surface area (Å²) in [5.74, 6) is -1.07. The van der Waals surface area contributed by atoms with Crippen LogP contribution in [0.25, 0.3) is 0 Å². The molecule has 0 bridgehead atoms. The lowest BCUT2D eigenvalue weighted by Gasteiger charge is -2.24. The Kier molecular flexibility index (Phi) is 2.40. The van der Waals surface area contributed by atoms with E-state index in [0.717, 1.165) is 29.7 Å². The molecule has 3 rings (SSSR count). The van der Waals surface area contributed by atoms with Gasteiger partial charge >= 0.3 is 5.97 Å². The number of carbonyl (C=O) groups excluding carboxylic acids is 1. The largest absolute Gasteiger partial charge is 0.480 e. The van der Waals surface area contributed by atoms with Crippen LogP contribution < -0.4 is 4.90 Å². The molecule has 4 heteroatoms. The number of aryl methyl sites for hydroxylation is 1. The summed E-state index contributed by atoms with van der Waals surface area (Å²) in [5.41, 5.74) is 2.95. The molecular formula is C14H15NO3. The molecule has 0 radical (unpaired) electrons. The minimum Gasteiger partial charge on any atom is -0.480 e. The molecule has 18 heavy (non-hydrogen) atoms. The van der Waals surface area contributed by atoms with Crippen LogP contribution in [0, 0.1) is 5.92 Å². The monoisotopic (exact) mass is 245 g/mol. The van der Waals surface area contributed by atoms with E-state index in [1.54, 1.807) is 0 Å². The van der Waals surface area contributed by atoms with Gasteiger partial charge in [-0.3, -0.25) is 9.69 Å². The van der Waals surface area contributed by atoms with Crippen molar-refractivity contribution in [2.24, 2.45) is 5.92 Å². The average Bonchev–Trinajstić information content (AvgIpc) is 2.69. The van der Waals surface area contributed by atoms with Crippen molar-refractivity contribution in [3.63, 3.8) is 0 Å². The summed E-state index contributed by atoms with van der Waals surface area (Å²) in [6, 6.07) is 5.16. The van der Waals surface area contributed by atoms with E-state index < -0.39 is 12.0 Å². The summed E-state index contributed by atoms with van der Waals surface area (Å²) in [5, 5.41) is 9.30. The van der Waals surface area contributed by atoms with Crippen molar-refractivity contribution in [2.45, 2.75) is 32.2 Å². The standard InChI is InChI=1S/C14H15NO3/c1-8-5-6-9-3-2-4-10-7-11(14(17)18)15(12(9)10)13(8)16/h2-4,8,11H,5-7H2,1H3,(H,17,18)/t8-,11-/m0/s1. The van der Waals surface area contributed by atoms with Gasteiger partial charge < -0.3 is 5.11 Å². The van der Waals surface area contributed by atoms with E-state index in [1.165, 1.54) is 4.90 Å². The van der Waals surface area contributed by atoms with E-state index in [0.29, 0.717) is 6.42 Å². The number of carbonyl (C=O) groups is 2. The van der Waals surface area contributed by atoms with Crippen molar-refractivity contribution in [1.82, 2.24) is 0 Å². The van der Waals surface area contributed by atoms with Gasteiger partial charge in [0.25, 0.3) is 0 Å². The summed E-state index contributed by atoms with van der Waals surface area (Å²) >= 11 is 0.